The molecular formula is C13H16FN3O2. The van der Waals surface area contributed by atoms with E-state index in [9.17, 15) is 4.39 Å². The van der Waals surface area contributed by atoms with Crippen LogP contribution in [-0.2, 0) is 12.1 Å². The highest BCUT2D eigenvalue weighted by Gasteiger charge is 2.21. The number of aryl methyl sites for hydroxylation is 1. The maximum atomic E-state index is 13.3. The number of nitrogens with two attached hydrogens (primary N) is 1. The highest BCUT2D eigenvalue weighted by Crippen LogP contribution is 2.18. The van der Waals surface area contributed by atoms with E-state index in [2.05, 4.69) is 10.1 Å². The van der Waals surface area contributed by atoms with Gasteiger partial charge in [-0.2, -0.15) is 4.98 Å². The molecule has 5 nitrogen and oxygen atoms in total. The number of ether oxygens (including phenoxy) is 1. The lowest BCUT2D eigenvalue weighted by molar-refractivity contribution is 0.241. The van der Waals surface area contributed by atoms with Crippen molar-refractivity contribution in [2.75, 3.05) is 0 Å². The van der Waals surface area contributed by atoms with Gasteiger partial charge in [0, 0.05) is 6.07 Å². The summed E-state index contributed by atoms with van der Waals surface area (Å²) < 4.78 is 23.7. The molecule has 6 heteroatoms. The third-order valence-corrected chi connectivity index (χ3v) is 2.55. The van der Waals surface area contributed by atoms with Crippen LogP contribution >= 0.6 is 0 Å². The fourth-order valence-corrected chi connectivity index (χ4v) is 1.38. The quantitative estimate of drug-likeness (QED) is 0.918. The molecule has 1 aromatic heterocycles. The maximum absolute atomic E-state index is 13.3. The minimum Gasteiger partial charge on any atom is -0.484 e. The normalized spacial score (nSPS) is 11.6. The van der Waals surface area contributed by atoms with E-state index in [0.29, 0.717) is 23.0 Å². The summed E-state index contributed by atoms with van der Waals surface area (Å²) in [5.41, 5.74) is 5.74. The Bertz CT molecular complexity index is 576. The number of nitrogens with zero attached hydrogens (tertiary/aromatic N) is 2. The van der Waals surface area contributed by atoms with E-state index in [1.165, 1.54) is 6.07 Å². The monoisotopic (exact) mass is 265 g/mol. The van der Waals surface area contributed by atoms with E-state index in [4.69, 9.17) is 15.0 Å². The Morgan fingerprint density at radius 3 is 2.74 bits per heavy atom. The SMILES string of the molecule is Cc1ccc(OCc2nc(C(C)(C)N)no2)cc1F. The van der Waals surface area contributed by atoms with Crippen molar-refractivity contribution in [2.45, 2.75) is 32.9 Å². The molecule has 0 aliphatic rings. The molecule has 0 radical (unpaired) electrons. The van der Waals surface area contributed by atoms with Crippen LogP contribution in [0.25, 0.3) is 0 Å². The van der Waals surface area contributed by atoms with Crippen LogP contribution in [0.15, 0.2) is 22.7 Å². The van der Waals surface area contributed by atoms with E-state index < -0.39 is 5.54 Å². The Kier molecular flexibility index (Phi) is 3.53. The fraction of sp³-hybridized carbons (Fsp3) is 0.385. The van der Waals surface area contributed by atoms with Gasteiger partial charge in [0.15, 0.2) is 12.4 Å². The molecule has 102 valence electrons. The van der Waals surface area contributed by atoms with Gasteiger partial charge in [0.05, 0.1) is 5.54 Å². The molecule has 19 heavy (non-hydrogen) atoms. The summed E-state index contributed by atoms with van der Waals surface area (Å²) in [7, 11) is 0. The molecule has 2 aromatic rings. The summed E-state index contributed by atoms with van der Waals surface area (Å²) in [6.45, 7) is 5.31. The van der Waals surface area contributed by atoms with Crippen molar-refractivity contribution >= 4 is 0 Å². The largest absolute Gasteiger partial charge is 0.484 e. The molecule has 0 saturated heterocycles. The average Bonchev–Trinajstić information content (AvgIpc) is 2.79. The van der Waals surface area contributed by atoms with Crippen molar-refractivity contribution in [3.63, 3.8) is 0 Å². The van der Waals surface area contributed by atoms with Crippen LogP contribution in [0, 0.1) is 12.7 Å². The van der Waals surface area contributed by atoms with Crippen molar-refractivity contribution in [3.8, 4) is 5.75 Å². The molecule has 1 heterocycles. The molecular weight excluding hydrogens is 249 g/mol. The van der Waals surface area contributed by atoms with E-state index >= 15 is 0 Å². The topological polar surface area (TPSA) is 74.2 Å². The fourth-order valence-electron chi connectivity index (χ4n) is 1.38. The molecule has 0 aliphatic heterocycles. The highest BCUT2D eigenvalue weighted by atomic mass is 19.1. The van der Waals surface area contributed by atoms with Gasteiger partial charge in [-0.15, -0.1) is 0 Å². The maximum Gasteiger partial charge on any atom is 0.264 e. The molecule has 2 N–H and O–H groups in total. The van der Waals surface area contributed by atoms with Crippen molar-refractivity contribution in [3.05, 3.63) is 41.3 Å². The van der Waals surface area contributed by atoms with Crippen LogP contribution in [0.5, 0.6) is 5.75 Å². The number of benzene rings is 1. The van der Waals surface area contributed by atoms with Gasteiger partial charge in [-0.25, -0.2) is 4.39 Å². The number of rotatable bonds is 4. The standard InChI is InChI=1S/C13H16FN3O2/c1-8-4-5-9(6-10(8)14)18-7-11-16-12(17-19-11)13(2,3)15/h4-6H,7,15H2,1-3H3. The zero-order valence-electron chi connectivity index (χ0n) is 11.1. The van der Waals surface area contributed by atoms with Crippen LogP contribution in [0.4, 0.5) is 4.39 Å². The minimum absolute atomic E-state index is 0.0750. The Morgan fingerprint density at radius 1 is 1.42 bits per heavy atom. The molecule has 0 amide bonds. The highest BCUT2D eigenvalue weighted by molar-refractivity contribution is 5.27. The van der Waals surface area contributed by atoms with Gasteiger partial charge in [-0.05, 0) is 32.4 Å². The summed E-state index contributed by atoms with van der Waals surface area (Å²) in [4.78, 5) is 4.12. The van der Waals surface area contributed by atoms with E-state index in [1.807, 2.05) is 0 Å². The van der Waals surface area contributed by atoms with E-state index in [1.54, 1.807) is 32.9 Å². The Labute approximate surface area is 110 Å². The summed E-state index contributed by atoms with van der Waals surface area (Å²) in [6, 6.07) is 4.65. The molecule has 0 fully saturated rings. The zero-order valence-corrected chi connectivity index (χ0v) is 11.1. The first kappa shape index (κ1) is 13.5. The third-order valence-electron chi connectivity index (χ3n) is 2.55. The molecule has 1 aromatic carbocycles. The number of hydrogen-bond donors (Lipinski definition) is 1. The van der Waals surface area contributed by atoms with Gasteiger partial charge < -0.3 is 15.0 Å². The third kappa shape index (κ3) is 3.29. The Hall–Kier alpha value is -1.95. The van der Waals surface area contributed by atoms with Gasteiger partial charge in [0.1, 0.15) is 11.6 Å². The lowest BCUT2D eigenvalue weighted by Crippen LogP contribution is -2.30. The minimum atomic E-state index is -0.669. The van der Waals surface area contributed by atoms with Gasteiger partial charge in [0.25, 0.3) is 5.89 Å². The molecule has 0 unspecified atom stereocenters. The van der Waals surface area contributed by atoms with Crippen LogP contribution in [0.3, 0.4) is 0 Å². The summed E-state index contributed by atoms with van der Waals surface area (Å²) in [5, 5.41) is 3.77. The molecule has 0 bridgehead atoms. The summed E-state index contributed by atoms with van der Waals surface area (Å²) >= 11 is 0. The van der Waals surface area contributed by atoms with Crippen LogP contribution < -0.4 is 10.5 Å². The lowest BCUT2D eigenvalue weighted by Gasteiger charge is -2.11. The number of hydrogen-bond acceptors (Lipinski definition) is 5. The second-order valence-electron chi connectivity index (χ2n) is 4.93. The van der Waals surface area contributed by atoms with Crippen LogP contribution in [0.1, 0.15) is 31.1 Å². The first-order valence-electron chi connectivity index (χ1n) is 5.87. The van der Waals surface area contributed by atoms with Crippen LogP contribution in [-0.4, -0.2) is 10.1 Å². The van der Waals surface area contributed by atoms with E-state index in [-0.39, 0.29) is 12.4 Å². The Morgan fingerprint density at radius 2 is 2.16 bits per heavy atom. The smallest absolute Gasteiger partial charge is 0.264 e. The Balaban J connectivity index is 2.02. The second-order valence-corrected chi connectivity index (χ2v) is 4.93. The average molecular weight is 265 g/mol. The number of halogens is 1. The molecule has 0 spiro atoms. The van der Waals surface area contributed by atoms with Crippen molar-refractivity contribution in [1.82, 2.24) is 10.1 Å². The van der Waals surface area contributed by atoms with Crippen molar-refractivity contribution < 1.29 is 13.7 Å². The molecule has 0 aliphatic carbocycles. The first-order valence-corrected chi connectivity index (χ1v) is 5.87. The predicted octanol–water partition coefficient (Wildman–Crippen LogP) is 2.29. The molecule has 2 rings (SSSR count). The first-order chi connectivity index (χ1) is 8.86. The summed E-state index contributed by atoms with van der Waals surface area (Å²) in [6.07, 6.45) is 0. The van der Waals surface area contributed by atoms with Crippen molar-refractivity contribution in [2.24, 2.45) is 5.73 Å². The van der Waals surface area contributed by atoms with E-state index in [0.717, 1.165) is 0 Å². The van der Waals surface area contributed by atoms with Gasteiger partial charge in [-0.3, -0.25) is 0 Å². The molecule has 0 atom stereocenters. The van der Waals surface area contributed by atoms with Crippen LogP contribution in [0.2, 0.25) is 0 Å². The van der Waals surface area contributed by atoms with Gasteiger partial charge >= 0.3 is 0 Å². The second kappa shape index (κ2) is 4.97. The lowest BCUT2D eigenvalue weighted by atomic mass is 10.1. The summed E-state index contributed by atoms with van der Waals surface area (Å²) in [5.74, 6) is 0.803. The number of aromatic nitrogens is 2. The predicted molar refractivity (Wildman–Crippen MR) is 67.0 cm³/mol. The molecule has 0 saturated carbocycles. The van der Waals surface area contributed by atoms with Gasteiger partial charge in [0.2, 0.25) is 0 Å². The zero-order chi connectivity index (χ0) is 14.0. The van der Waals surface area contributed by atoms with Gasteiger partial charge in [-0.1, -0.05) is 11.2 Å². The van der Waals surface area contributed by atoms with Crippen molar-refractivity contribution in [1.29, 1.82) is 0 Å².